The Bertz CT molecular complexity index is 1100. The zero-order chi connectivity index (χ0) is 19.9. The van der Waals surface area contributed by atoms with E-state index in [1.54, 1.807) is 44.5 Å². The average molecular weight is 419 g/mol. The van der Waals surface area contributed by atoms with E-state index >= 15 is 0 Å². The van der Waals surface area contributed by atoms with Gasteiger partial charge in [-0.05, 0) is 44.2 Å². The van der Waals surface area contributed by atoms with Crippen molar-refractivity contribution in [2.75, 3.05) is 17.8 Å². The summed E-state index contributed by atoms with van der Waals surface area (Å²) in [4.78, 5) is 11.0. The van der Waals surface area contributed by atoms with Crippen LogP contribution in [0.15, 0.2) is 46.4 Å². The minimum atomic E-state index is -3.51. The van der Waals surface area contributed by atoms with Gasteiger partial charge in [0.05, 0.1) is 29.5 Å². The first-order chi connectivity index (χ1) is 13.3. The maximum Gasteiger partial charge on any atom is 0.235 e. The van der Waals surface area contributed by atoms with Crippen molar-refractivity contribution in [3.05, 3.63) is 47.0 Å². The highest BCUT2D eigenvalue weighted by Crippen LogP contribution is 2.37. The summed E-state index contributed by atoms with van der Waals surface area (Å²) in [6.45, 7) is 4.74. The van der Waals surface area contributed by atoms with Gasteiger partial charge in [0.25, 0.3) is 0 Å². The molecule has 7 nitrogen and oxygen atoms in total. The van der Waals surface area contributed by atoms with Crippen molar-refractivity contribution in [3.63, 3.8) is 0 Å². The molecule has 2 aliphatic heterocycles. The lowest BCUT2D eigenvalue weighted by Crippen LogP contribution is -2.29. The van der Waals surface area contributed by atoms with Gasteiger partial charge in [0, 0.05) is 12.1 Å². The van der Waals surface area contributed by atoms with Gasteiger partial charge in [0.2, 0.25) is 10.0 Å². The Balaban J connectivity index is 1.63. The van der Waals surface area contributed by atoms with E-state index in [1.807, 2.05) is 17.0 Å². The van der Waals surface area contributed by atoms with E-state index in [2.05, 4.69) is 14.7 Å². The lowest BCUT2D eigenvalue weighted by atomic mass is 10.1. The van der Waals surface area contributed by atoms with Crippen LogP contribution in [0.4, 0.5) is 11.4 Å². The fraction of sp³-hybridized carbons (Fsp3) is 0.263. The van der Waals surface area contributed by atoms with Gasteiger partial charge in [-0.25, -0.2) is 13.4 Å². The smallest absolute Gasteiger partial charge is 0.235 e. The van der Waals surface area contributed by atoms with Gasteiger partial charge >= 0.3 is 0 Å². The van der Waals surface area contributed by atoms with E-state index in [1.165, 1.54) is 0 Å². The summed E-state index contributed by atoms with van der Waals surface area (Å²) in [6, 6.07) is 10.5. The molecule has 0 amide bonds. The molecule has 2 aliphatic rings. The first kappa shape index (κ1) is 18.8. The van der Waals surface area contributed by atoms with Gasteiger partial charge in [-0.3, -0.25) is 9.71 Å². The molecule has 0 unspecified atom stereocenters. The maximum atomic E-state index is 12.1. The fourth-order valence-corrected chi connectivity index (χ4v) is 3.86. The monoisotopic (exact) mass is 418 g/mol. The van der Waals surface area contributed by atoms with Crippen LogP contribution in [0.3, 0.4) is 0 Å². The van der Waals surface area contributed by atoms with E-state index in [9.17, 15) is 8.42 Å². The van der Waals surface area contributed by atoms with Crippen LogP contribution in [0, 0.1) is 0 Å². The molecule has 0 aromatic heterocycles. The molecule has 0 atom stereocenters. The van der Waals surface area contributed by atoms with Crippen molar-refractivity contribution in [3.8, 4) is 11.5 Å². The van der Waals surface area contributed by atoms with Gasteiger partial charge in [-0.1, -0.05) is 17.7 Å². The Labute approximate surface area is 168 Å². The van der Waals surface area contributed by atoms with Gasteiger partial charge in [-0.15, -0.1) is 0 Å². The van der Waals surface area contributed by atoms with Gasteiger partial charge in [0.1, 0.15) is 22.4 Å². The quantitative estimate of drug-likeness (QED) is 0.794. The number of benzene rings is 2. The summed E-state index contributed by atoms with van der Waals surface area (Å²) in [6.07, 6.45) is 1.79. The lowest BCUT2D eigenvalue weighted by Gasteiger charge is -2.21. The van der Waals surface area contributed by atoms with Crippen LogP contribution in [0.1, 0.15) is 19.4 Å². The van der Waals surface area contributed by atoms with Crippen LogP contribution in [0.2, 0.25) is 5.02 Å². The number of ether oxygens (including phenoxy) is 1. The molecule has 9 heteroatoms. The third kappa shape index (κ3) is 3.45. The number of aliphatic imine (C=N–C) groups is 2. The second-order valence-corrected chi connectivity index (χ2v) is 9.35. The number of rotatable bonds is 5. The summed E-state index contributed by atoms with van der Waals surface area (Å²) in [5.74, 6) is 1.80. The largest absolute Gasteiger partial charge is 0.456 e. The summed E-state index contributed by atoms with van der Waals surface area (Å²) in [5, 5.41) is -0.383. The third-order valence-electron chi connectivity index (χ3n) is 4.48. The van der Waals surface area contributed by atoms with Crippen LogP contribution in [0.25, 0.3) is 0 Å². The predicted octanol–water partition coefficient (Wildman–Crippen LogP) is 4.02. The Hall–Kier alpha value is -2.58. The van der Waals surface area contributed by atoms with Gasteiger partial charge in [-0.2, -0.15) is 0 Å². The molecule has 0 spiro atoms. The number of hydrogen-bond acceptors (Lipinski definition) is 6. The molecule has 146 valence electrons. The van der Waals surface area contributed by atoms with Crippen LogP contribution in [0.5, 0.6) is 11.5 Å². The standard InChI is InChI=1S/C19H19ClN4O3S/c1-12(2)28(25,26)23-16-4-3-5-17(18(16)20)27-13-6-7-15-14(10-13)19-21-8-9-24(19)11-22-15/h3-7,10-12,23H,8-9H2,1-2H3. The second kappa shape index (κ2) is 7.10. The summed E-state index contributed by atoms with van der Waals surface area (Å²) >= 11 is 6.39. The van der Waals surface area contributed by atoms with Crippen LogP contribution >= 0.6 is 11.6 Å². The molecular formula is C19H19ClN4O3S. The van der Waals surface area contributed by atoms with Crippen molar-refractivity contribution in [2.45, 2.75) is 19.1 Å². The van der Waals surface area contributed by atoms with E-state index in [0.29, 0.717) is 11.5 Å². The normalized spacial score (nSPS) is 15.3. The number of halogens is 1. The number of nitrogens with one attached hydrogen (secondary N) is 1. The van der Waals surface area contributed by atoms with E-state index < -0.39 is 15.3 Å². The topological polar surface area (TPSA) is 83.4 Å². The highest BCUT2D eigenvalue weighted by Gasteiger charge is 2.24. The van der Waals surface area contributed by atoms with Crippen LogP contribution < -0.4 is 9.46 Å². The minimum Gasteiger partial charge on any atom is -0.456 e. The first-order valence-corrected chi connectivity index (χ1v) is 10.8. The van der Waals surface area contributed by atoms with Crippen molar-refractivity contribution >= 4 is 45.2 Å². The number of fused-ring (bicyclic) bond motifs is 3. The van der Waals surface area contributed by atoms with Crippen molar-refractivity contribution < 1.29 is 13.2 Å². The molecule has 4 rings (SSSR count). The number of nitrogens with zero attached hydrogens (tertiary/aromatic N) is 3. The molecule has 28 heavy (non-hydrogen) atoms. The number of anilines is 1. The highest BCUT2D eigenvalue weighted by molar-refractivity contribution is 7.93. The molecule has 0 bridgehead atoms. The Kier molecular flexibility index (Phi) is 4.76. The average Bonchev–Trinajstić information content (AvgIpc) is 3.14. The summed E-state index contributed by atoms with van der Waals surface area (Å²) in [5.41, 5.74) is 2.00. The van der Waals surface area contributed by atoms with E-state index in [4.69, 9.17) is 16.3 Å². The van der Waals surface area contributed by atoms with Gasteiger partial charge < -0.3 is 9.64 Å². The van der Waals surface area contributed by atoms with Gasteiger partial charge in [0.15, 0.2) is 0 Å². The van der Waals surface area contributed by atoms with E-state index in [0.717, 1.165) is 30.2 Å². The summed E-state index contributed by atoms with van der Waals surface area (Å²) in [7, 11) is -3.51. The molecule has 0 saturated heterocycles. The third-order valence-corrected chi connectivity index (χ3v) is 6.62. The highest BCUT2D eigenvalue weighted by atomic mass is 35.5. The van der Waals surface area contributed by atoms with Crippen LogP contribution in [-0.2, 0) is 10.0 Å². The van der Waals surface area contributed by atoms with Crippen molar-refractivity contribution in [1.82, 2.24) is 4.90 Å². The van der Waals surface area contributed by atoms with E-state index in [-0.39, 0.29) is 10.7 Å². The molecule has 0 saturated carbocycles. The fourth-order valence-electron chi connectivity index (χ4n) is 2.88. The zero-order valence-electron chi connectivity index (χ0n) is 15.4. The van der Waals surface area contributed by atoms with Crippen LogP contribution in [-0.4, -0.2) is 43.8 Å². The molecule has 0 fully saturated rings. The zero-order valence-corrected chi connectivity index (χ0v) is 17.0. The first-order valence-electron chi connectivity index (χ1n) is 8.83. The lowest BCUT2D eigenvalue weighted by molar-refractivity contribution is 0.483. The Morgan fingerprint density at radius 1 is 1.25 bits per heavy atom. The molecule has 2 aromatic carbocycles. The molecule has 1 N–H and O–H groups in total. The maximum absolute atomic E-state index is 12.1. The minimum absolute atomic E-state index is 0.197. The van der Waals surface area contributed by atoms with Crippen molar-refractivity contribution in [2.24, 2.45) is 9.98 Å². The molecule has 0 radical (unpaired) electrons. The second-order valence-electron chi connectivity index (χ2n) is 6.74. The Morgan fingerprint density at radius 2 is 2.07 bits per heavy atom. The number of sulfonamides is 1. The predicted molar refractivity (Wildman–Crippen MR) is 112 cm³/mol. The molecule has 2 aromatic rings. The molecular weight excluding hydrogens is 400 g/mol. The van der Waals surface area contributed by atoms with Crippen molar-refractivity contribution in [1.29, 1.82) is 0 Å². The number of amidine groups is 1. The number of hydrogen-bond donors (Lipinski definition) is 1. The Morgan fingerprint density at radius 3 is 2.86 bits per heavy atom. The molecule has 0 aliphatic carbocycles. The SMILES string of the molecule is CC(C)S(=O)(=O)Nc1cccc(Oc2ccc3c(c2)C2=NCCN2C=N3)c1Cl. The summed E-state index contributed by atoms with van der Waals surface area (Å²) < 4.78 is 32.7. The molecule has 2 heterocycles.